The highest BCUT2D eigenvalue weighted by Gasteiger charge is 2.21. The predicted octanol–water partition coefficient (Wildman–Crippen LogP) is 3.42. The standard InChI is InChI=1S/C13H17ClO3S/c1-17-13-7-6-10(9-18(14,15)16)8-12(13)11-4-2-3-5-11/h6-8,11H,2-5,9H2,1H3. The molecule has 18 heavy (non-hydrogen) atoms. The van der Waals surface area contributed by atoms with Gasteiger partial charge < -0.3 is 4.74 Å². The van der Waals surface area contributed by atoms with Crippen molar-refractivity contribution in [2.75, 3.05) is 7.11 Å². The van der Waals surface area contributed by atoms with Crippen LogP contribution in [0.2, 0.25) is 0 Å². The predicted molar refractivity (Wildman–Crippen MR) is 72.7 cm³/mol. The highest BCUT2D eigenvalue weighted by Crippen LogP contribution is 2.39. The van der Waals surface area contributed by atoms with Gasteiger partial charge >= 0.3 is 0 Å². The normalized spacial score (nSPS) is 17.0. The number of hydrogen-bond donors (Lipinski definition) is 0. The zero-order chi connectivity index (χ0) is 13.2. The summed E-state index contributed by atoms with van der Waals surface area (Å²) in [7, 11) is 3.43. The number of halogens is 1. The smallest absolute Gasteiger partial charge is 0.236 e. The molecule has 1 aromatic rings. The lowest BCUT2D eigenvalue weighted by atomic mass is 9.95. The Hall–Kier alpha value is -0.740. The highest BCUT2D eigenvalue weighted by molar-refractivity contribution is 8.13. The molecule has 1 saturated carbocycles. The number of methoxy groups -OCH3 is 1. The molecule has 0 spiro atoms. The minimum atomic E-state index is -3.51. The van der Waals surface area contributed by atoms with Crippen LogP contribution in [0.15, 0.2) is 18.2 Å². The van der Waals surface area contributed by atoms with E-state index in [0.717, 1.165) is 29.7 Å². The second kappa shape index (κ2) is 5.49. The zero-order valence-corrected chi connectivity index (χ0v) is 11.9. The quantitative estimate of drug-likeness (QED) is 0.797. The first-order chi connectivity index (χ1) is 8.49. The lowest BCUT2D eigenvalue weighted by Gasteiger charge is -2.15. The average Bonchev–Trinajstić information content (AvgIpc) is 2.80. The maximum atomic E-state index is 11.1. The van der Waals surface area contributed by atoms with Gasteiger partial charge in [-0.05, 0) is 36.0 Å². The molecule has 0 radical (unpaired) electrons. The number of benzene rings is 1. The topological polar surface area (TPSA) is 43.4 Å². The Bertz CT molecular complexity index is 519. The Balaban J connectivity index is 2.32. The Kier molecular flexibility index (Phi) is 4.17. The van der Waals surface area contributed by atoms with Crippen LogP contribution in [0.5, 0.6) is 5.75 Å². The van der Waals surface area contributed by atoms with Gasteiger partial charge in [0.25, 0.3) is 0 Å². The van der Waals surface area contributed by atoms with Crippen molar-refractivity contribution in [3.63, 3.8) is 0 Å². The van der Waals surface area contributed by atoms with Crippen LogP contribution in [-0.2, 0) is 14.8 Å². The van der Waals surface area contributed by atoms with Gasteiger partial charge in [0.1, 0.15) is 5.75 Å². The van der Waals surface area contributed by atoms with E-state index in [4.69, 9.17) is 15.4 Å². The number of hydrogen-bond acceptors (Lipinski definition) is 3. The van der Waals surface area contributed by atoms with Crippen molar-refractivity contribution in [3.8, 4) is 5.75 Å². The van der Waals surface area contributed by atoms with Crippen molar-refractivity contribution in [1.82, 2.24) is 0 Å². The van der Waals surface area contributed by atoms with E-state index in [-0.39, 0.29) is 5.75 Å². The van der Waals surface area contributed by atoms with Gasteiger partial charge in [0.15, 0.2) is 0 Å². The maximum absolute atomic E-state index is 11.1. The molecule has 2 rings (SSSR count). The van der Waals surface area contributed by atoms with E-state index in [2.05, 4.69) is 0 Å². The lowest BCUT2D eigenvalue weighted by molar-refractivity contribution is 0.405. The second-order valence-corrected chi connectivity index (χ2v) is 7.52. The van der Waals surface area contributed by atoms with E-state index in [1.807, 2.05) is 12.1 Å². The van der Waals surface area contributed by atoms with E-state index >= 15 is 0 Å². The van der Waals surface area contributed by atoms with Gasteiger partial charge in [0, 0.05) is 10.7 Å². The maximum Gasteiger partial charge on any atom is 0.236 e. The molecule has 1 aromatic carbocycles. The van der Waals surface area contributed by atoms with E-state index in [9.17, 15) is 8.42 Å². The molecule has 100 valence electrons. The largest absolute Gasteiger partial charge is 0.496 e. The Morgan fingerprint density at radius 2 is 2.00 bits per heavy atom. The van der Waals surface area contributed by atoms with Gasteiger partial charge in [-0.15, -0.1) is 0 Å². The molecule has 1 aliphatic carbocycles. The summed E-state index contributed by atoms with van der Waals surface area (Å²) in [5, 5.41) is 0. The van der Waals surface area contributed by atoms with Crippen LogP contribution in [0.4, 0.5) is 0 Å². The summed E-state index contributed by atoms with van der Waals surface area (Å²) in [5.41, 5.74) is 1.85. The van der Waals surface area contributed by atoms with Crippen LogP contribution >= 0.6 is 10.7 Å². The summed E-state index contributed by atoms with van der Waals surface area (Å²) < 4.78 is 27.6. The molecule has 0 saturated heterocycles. The monoisotopic (exact) mass is 288 g/mol. The third-order valence-electron chi connectivity index (χ3n) is 3.43. The van der Waals surface area contributed by atoms with Gasteiger partial charge in [-0.1, -0.05) is 25.0 Å². The van der Waals surface area contributed by atoms with E-state index < -0.39 is 9.05 Å². The zero-order valence-electron chi connectivity index (χ0n) is 10.4. The highest BCUT2D eigenvalue weighted by atomic mass is 35.7. The van der Waals surface area contributed by atoms with Crippen LogP contribution in [0.25, 0.3) is 0 Å². The first-order valence-corrected chi connectivity index (χ1v) is 8.56. The van der Waals surface area contributed by atoms with Gasteiger partial charge in [0.05, 0.1) is 12.9 Å². The Labute approximate surface area is 113 Å². The molecule has 0 aliphatic heterocycles. The van der Waals surface area contributed by atoms with Crippen molar-refractivity contribution in [1.29, 1.82) is 0 Å². The molecular formula is C13H17ClO3S. The van der Waals surface area contributed by atoms with Crippen molar-refractivity contribution in [2.45, 2.75) is 37.4 Å². The minimum absolute atomic E-state index is 0.127. The van der Waals surface area contributed by atoms with Gasteiger partial charge in [-0.25, -0.2) is 8.42 Å². The molecular weight excluding hydrogens is 272 g/mol. The van der Waals surface area contributed by atoms with E-state index in [0.29, 0.717) is 5.92 Å². The fraction of sp³-hybridized carbons (Fsp3) is 0.538. The van der Waals surface area contributed by atoms with Crippen molar-refractivity contribution in [3.05, 3.63) is 29.3 Å². The molecule has 1 aliphatic rings. The summed E-state index contributed by atoms with van der Waals surface area (Å²) in [6.45, 7) is 0. The van der Waals surface area contributed by atoms with Crippen molar-refractivity contribution >= 4 is 19.7 Å². The van der Waals surface area contributed by atoms with Crippen LogP contribution in [-0.4, -0.2) is 15.5 Å². The van der Waals surface area contributed by atoms with Gasteiger partial charge in [-0.2, -0.15) is 0 Å². The van der Waals surface area contributed by atoms with Crippen LogP contribution in [0.3, 0.4) is 0 Å². The molecule has 5 heteroatoms. The van der Waals surface area contributed by atoms with Gasteiger partial charge in [-0.3, -0.25) is 0 Å². The van der Waals surface area contributed by atoms with Crippen LogP contribution < -0.4 is 4.74 Å². The minimum Gasteiger partial charge on any atom is -0.496 e. The summed E-state index contributed by atoms with van der Waals surface area (Å²) in [6.07, 6.45) is 4.75. The molecule has 0 atom stereocenters. The molecule has 0 heterocycles. The number of rotatable bonds is 4. The summed E-state index contributed by atoms with van der Waals surface area (Å²) in [6, 6.07) is 5.52. The summed E-state index contributed by atoms with van der Waals surface area (Å²) in [5.74, 6) is 1.20. The second-order valence-electron chi connectivity index (χ2n) is 4.74. The fourth-order valence-corrected chi connectivity index (χ4v) is 3.58. The first kappa shape index (κ1) is 13.7. The third kappa shape index (κ3) is 3.39. The SMILES string of the molecule is COc1ccc(CS(=O)(=O)Cl)cc1C1CCCC1. The van der Waals surface area contributed by atoms with Crippen LogP contribution in [0, 0.1) is 0 Å². The third-order valence-corrected chi connectivity index (χ3v) is 4.43. The van der Waals surface area contributed by atoms with Crippen molar-refractivity contribution < 1.29 is 13.2 Å². The van der Waals surface area contributed by atoms with E-state index in [1.54, 1.807) is 13.2 Å². The summed E-state index contributed by atoms with van der Waals surface area (Å²) in [4.78, 5) is 0. The molecule has 0 amide bonds. The van der Waals surface area contributed by atoms with E-state index in [1.165, 1.54) is 12.8 Å². The number of ether oxygens (including phenoxy) is 1. The Morgan fingerprint density at radius 3 is 2.56 bits per heavy atom. The molecule has 0 bridgehead atoms. The lowest BCUT2D eigenvalue weighted by Crippen LogP contribution is -2.01. The van der Waals surface area contributed by atoms with Crippen molar-refractivity contribution in [2.24, 2.45) is 0 Å². The average molecular weight is 289 g/mol. The van der Waals surface area contributed by atoms with Gasteiger partial charge in [0.2, 0.25) is 9.05 Å². The molecule has 0 N–H and O–H groups in total. The molecule has 0 unspecified atom stereocenters. The Morgan fingerprint density at radius 1 is 1.33 bits per heavy atom. The summed E-state index contributed by atoms with van der Waals surface area (Å²) >= 11 is 0. The molecule has 3 nitrogen and oxygen atoms in total. The first-order valence-electron chi connectivity index (χ1n) is 6.09. The van der Waals surface area contributed by atoms with Crippen LogP contribution in [0.1, 0.15) is 42.7 Å². The fourth-order valence-electron chi connectivity index (χ4n) is 2.63. The molecule has 1 fully saturated rings. The molecule has 0 aromatic heterocycles.